The second-order valence-electron chi connectivity index (χ2n) is 1.14. The van der Waals surface area contributed by atoms with E-state index in [-0.39, 0.29) is 18.2 Å². The van der Waals surface area contributed by atoms with Crippen LogP contribution in [0.25, 0.3) is 0 Å². The molecule has 1 aromatic rings. The summed E-state index contributed by atoms with van der Waals surface area (Å²) in [6, 6.07) is 0. The number of carboxylic acids is 1. The van der Waals surface area contributed by atoms with Crippen molar-refractivity contribution in [2.75, 3.05) is 0 Å². The number of carbonyl (C=O) groups is 1. The molecule has 1 aromatic heterocycles. The Labute approximate surface area is 56.5 Å². The molecule has 1 heterocycles. The lowest BCUT2D eigenvalue weighted by Crippen LogP contribution is -1.97. The van der Waals surface area contributed by atoms with Gasteiger partial charge in [-0.05, 0) is 0 Å². The zero-order valence-electron chi connectivity index (χ0n) is 4.24. The summed E-state index contributed by atoms with van der Waals surface area (Å²) in [6.07, 6.45) is 1.14. The monoisotopic (exact) mass is 149 g/mol. The number of aromatic nitrogens is 3. The van der Waals surface area contributed by atoms with Crippen LogP contribution < -0.4 is 0 Å². The number of nitrogens with zero attached hydrogens (tertiary/aromatic N) is 2. The highest BCUT2D eigenvalue weighted by atomic mass is 35.5. The first-order valence-electron chi connectivity index (χ1n) is 1.89. The third-order valence-corrected chi connectivity index (χ3v) is 0.618. The SMILES string of the molecule is Cl.O=C(O)c1ncn[nH]1. The molecular formula is C3H4ClN3O2. The van der Waals surface area contributed by atoms with Crippen molar-refractivity contribution in [2.24, 2.45) is 0 Å². The lowest BCUT2D eigenvalue weighted by Gasteiger charge is -1.77. The Bertz CT molecular complexity index is 185. The van der Waals surface area contributed by atoms with Crippen molar-refractivity contribution in [3.05, 3.63) is 12.2 Å². The number of rotatable bonds is 1. The molecule has 0 saturated carbocycles. The van der Waals surface area contributed by atoms with Crippen molar-refractivity contribution in [3.63, 3.8) is 0 Å². The quantitative estimate of drug-likeness (QED) is 0.586. The van der Waals surface area contributed by atoms with Crippen LogP contribution >= 0.6 is 12.4 Å². The van der Waals surface area contributed by atoms with Crippen LogP contribution in [0.1, 0.15) is 10.6 Å². The number of aromatic carboxylic acids is 1. The van der Waals surface area contributed by atoms with Crippen LogP contribution in [0.5, 0.6) is 0 Å². The van der Waals surface area contributed by atoms with E-state index in [4.69, 9.17) is 5.11 Å². The molecule has 0 radical (unpaired) electrons. The molecule has 0 spiro atoms. The van der Waals surface area contributed by atoms with Crippen LogP contribution in [0.4, 0.5) is 0 Å². The van der Waals surface area contributed by atoms with E-state index in [1.165, 1.54) is 0 Å². The second-order valence-corrected chi connectivity index (χ2v) is 1.14. The van der Waals surface area contributed by atoms with Gasteiger partial charge in [0, 0.05) is 0 Å². The lowest BCUT2D eigenvalue weighted by molar-refractivity contribution is 0.0684. The van der Waals surface area contributed by atoms with Gasteiger partial charge in [0.15, 0.2) is 0 Å². The number of hydrogen-bond acceptors (Lipinski definition) is 3. The molecule has 0 atom stereocenters. The van der Waals surface area contributed by atoms with E-state index in [2.05, 4.69) is 15.2 Å². The smallest absolute Gasteiger partial charge is 0.373 e. The van der Waals surface area contributed by atoms with Crippen molar-refractivity contribution < 1.29 is 9.90 Å². The molecule has 5 nitrogen and oxygen atoms in total. The van der Waals surface area contributed by atoms with E-state index in [0.29, 0.717) is 0 Å². The first-order chi connectivity index (χ1) is 3.80. The second kappa shape index (κ2) is 3.03. The Hall–Kier alpha value is -1.10. The van der Waals surface area contributed by atoms with Gasteiger partial charge in [-0.3, -0.25) is 5.10 Å². The van der Waals surface area contributed by atoms with Crippen molar-refractivity contribution in [1.82, 2.24) is 15.2 Å². The first-order valence-corrected chi connectivity index (χ1v) is 1.89. The summed E-state index contributed by atoms with van der Waals surface area (Å²) in [4.78, 5) is 13.3. The van der Waals surface area contributed by atoms with Crippen molar-refractivity contribution in [1.29, 1.82) is 0 Å². The molecule has 2 N–H and O–H groups in total. The molecule has 50 valence electrons. The number of nitrogens with one attached hydrogen (secondary N) is 1. The molecule has 0 bridgehead atoms. The van der Waals surface area contributed by atoms with E-state index in [9.17, 15) is 4.79 Å². The van der Waals surface area contributed by atoms with Crippen LogP contribution in [-0.2, 0) is 0 Å². The highest BCUT2D eigenvalue weighted by molar-refractivity contribution is 5.85. The molecule has 0 saturated heterocycles. The number of aromatic amines is 1. The minimum Gasteiger partial charge on any atom is -0.475 e. The lowest BCUT2D eigenvalue weighted by atomic mass is 10.7. The van der Waals surface area contributed by atoms with Crippen LogP contribution in [0, 0.1) is 0 Å². The minimum atomic E-state index is -1.09. The summed E-state index contributed by atoms with van der Waals surface area (Å²) in [5.41, 5.74) is 0. The molecule has 6 heteroatoms. The maximum atomic E-state index is 9.93. The van der Waals surface area contributed by atoms with E-state index < -0.39 is 5.97 Å². The zero-order chi connectivity index (χ0) is 5.98. The fourth-order valence-corrected chi connectivity index (χ4v) is 0.309. The molecule has 0 aromatic carbocycles. The van der Waals surface area contributed by atoms with Crippen molar-refractivity contribution in [3.8, 4) is 0 Å². The molecule has 0 aliphatic heterocycles. The van der Waals surface area contributed by atoms with Gasteiger partial charge in [0.05, 0.1) is 0 Å². The van der Waals surface area contributed by atoms with E-state index in [0.717, 1.165) is 6.33 Å². The van der Waals surface area contributed by atoms with Gasteiger partial charge in [-0.25, -0.2) is 9.78 Å². The minimum absolute atomic E-state index is 0. The third kappa shape index (κ3) is 1.69. The van der Waals surface area contributed by atoms with Gasteiger partial charge in [0.2, 0.25) is 5.82 Å². The molecular weight excluding hydrogens is 146 g/mol. The molecule has 1 rings (SSSR count). The van der Waals surface area contributed by atoms with E-state index >= 15 is 0 Å². The summed E-state index contributed by atoms with van der Waals surface area (Å²) in [5, 5.41) is 13.6. The van der Waals surface area contributed by atoms with Crippen LogP contribution in [-0.4, -0.2) is 26.3 Å². The normalized spacial score (nSPS) is 8.00. The summed E-state index contributed by atoms with van der Waals surface area (Å²) >= 11 is 0. The highest BCUT2D eigenvalue weighted by Crippen LogP contribution is 1.80. The topological polar surface area (TPSA) is 78.9 Å². The van der Waals surface area contributed by atoms with Gasteiger partial charge in [0.1, 0.15) is 6.33 Å². The number of hydrogen-bond donors (Lipinski definition) is 2. The standard InChI is InChI=1S/C3H3N3O2.ClH/c7-3(8)2-4-1-5-6-2;/h1H,(H,7,8)(H,4,5,6);1H. The maximum Gasteiger partial charge on any atom is 0.373 e. The Morgan fingerprint density at radius 2 is 2.44 bits per heavy atom. The molecule has 0 amide bonds. The molecule has 0 aliphatic rings. The molecule has 0 fully saturated rings. The van der Waals surface area contributed by atoms with Gasteiger partial charge in [-0.2, -0.15) is 5.10 Å². The highest BCUT2D eigenvalue weighted by Gasteiger charge is 2.01. The van der Waals surface area contributed by atoms with Gasteiger partial charge in [-0.15, -0.1) is 12.4 Å². The molecule has 9 heavy (non-hydrogen) atoms. The van der Waals surface area contributed by atoms with Crippen molar-refractivity contribution >= 4 is 18.4 Å². The van der Waals surface area contributed by atoms with Crippen LogP contribution in [0.3, 0.4) is 0 Å². The van der Waals surface area contributed by atoms with E-state index in [1.807, 2.05) is 0 Å². The Balaban J connectivity index is 0.000000640. The summed E-state index contributed by atoms with van der Waals surface area (Å²) in [5.74, 6) is -1.23. The summed E-state index contributed by atoms with van der Waals surface area (Å²) in [7, 11) is 0. The van der Waals surface area contributed by atoms with Gasteiger partial charge < -0.3 is 5.11 Å². The first kappa shape index (κ1) is 7.90. The van der Waals surface area contributed by atoms with Gasteiger partial charge in [-0.1, -0.05) is 0 Å². The largest absolute Gasteiger partial charge is 0.475 e. The fourth-order valence-electron chi connectivity index (χ4n) is 0.309. The fraction of sp³-hybridized carbons (Fsp3) is 0. The van der Waals surface area contributed by atoms with Gasteiger partial charge in [0.25, 0.3) is 0 Å². The Kier molecular flexibility index (Phi) is 2.66. The molecule has 0 unspecified atom stereocenters. The van der Waals surface area contributed by atoms with Crippen molar-refractivity contribution in [2.45, 2.75) is 0 Å². The number of carboxylic acid groups (broad SMARTS) is 1. The number of H-pyrrole nitrogens is 1. The van der Waals surface area contributed by atoms with Crippen LogP contribution in [0.15, 0.2) is 6.33 Å². The molecule has 0 aliphatic carbocycles. The summed E-state index contributed by atoms with van der Waals surface area (Å²) < 4.78 is 0. The Morgan fingerprint density at radius 3 is 2.67 bits per heavy atom. The number of halogens is 1. The predicted molar refractivity (Wildman–Crippen MR) is 30.6 cm³/mol. The summed E-state index contributed by atoms with van der Waals surface area (Å²) in [6.45, 7) is 0. The predicted octanol–water partition coefficient (Wildman–Crippen LogP) is -0.0753. The average Bonchev–Trinajstić information content (AvgIpc) is 2.12. The average molecular weight is 150 g/mol. The Morgan fingerprint density at radius 1 is 1.78 bits per heavy atom. The maximum absolute atomic E-state index is 9.93. The third-order valence-electron chi connectivity index (χ3n) is 0.618. The van der Waals surface area contributed by atoms with Gasteiger partial charge >= 0.3 is 5.97 Å². The van der Waals surface area contributed by atoms with Crippen LogP contribution in [0.2, 0.25) is 0 Å². The van der Waals surface area contributed by atoms with E-state index in [1.54, 1.807) is 0 Å². The zero-order valence-corrected chi connectivity index (χ0v) is 5.05.